The van der Waals surface area contributed by atoms with Crippen LogP contribution in [0.5, 0.6) is 0 Å². The Morgan fingerprint density at radius 3 is 1.76 bits per heavy atom. The van der Waals surface area contributed by atoms with Gasteiger partial charge in [0.05, 0.1) is 18.5 Å². The number of hydrogen-bond acceptors (Lipinski definition) is 6. The van der Waals surface area contributed by atoms with Crippen molar-refractivity contribution in [1.82, 2.24) is 16.0 Å². The number of rotatable bonds is 4. The smallest absolute Gasteiger partial charge is 0.143 e. The number of benzene rings is 6. The van der Waals surface area contributed by atoms with Crippen LogP contribution in [0.15, 0.2) is 159 Å². The molecule has 1 aliphatic heterocycles. The van der Waals surface area contributed by atoms with Crippen molar-refractivity contribution in [3.05, 3.63) is 157 Å². The Balaban J connectivity index is 1.02. The van der Waals surface area contributed by atoms with E-state index in [0.29, 0.717) is 5.92 Å². The van der Waals surface area contributed by atoms with Gasteiger partial charge in [-0.2, -0.15) is 0 Å². The van der Waals surface area contributed by atoms with Gasteiger partial charge in [-0.05, 0) is 36.2 Å². The minimum absolute atomic E-state index is 0.0229. The summed E-state index contributed by atoms with van der Waals surface area (Å²) in [7, 11) is 0. The van der Waals surface area contributed by atoms with Crippen LogP contribution in [0.3, 0.4) is 0 Å². The first kappa shape index (κ1) is 28.9. The van der Waals surface area contributed by atoms with Gasteiger partial charge in [0.15, 0.2) is 0 Å². The molecule has 4 unspecified atom stereocenters. The largest absolute Gasteiger partial charge is 0.456 e. The first-order valence-electron chi connectivity index (χ1n) is 17.6. The molecular weight excluding hydrogens is 631 g/mol. The van der Waals surface area contributed by atoms with Crippen molar-refractivity contribution in [3.63, 3.8) is 0 Å². The summed E-state index contributed by atoms with van der Waals surface area (Å²) in [6.45, 7) is 0. The zero-order valence-electron chi connectivity index (χ0n) is 27.6. The average molecular weight is 664 g/mol. The van der Waals surface area contributed by atoms with Crippen LogP contribution in [0.2, 0.25) is 0 Å². The van der Waals surface area contributed by atoms with E-state index in [2.05, 4.69) is 137 Å². The summed E-state index contributed by atoms with van der Waals surface area (Å²) >= 11 is 0. The Bertz CT molecular complexity index is 2870. The number of allylic oxidation sites excluding steroid dienone is 3. The fourth-order valence-corrected chi connectivity index (χ4v) is 8.30. The highest BCUT2D eigenvalue weighted by Gasteiger charge is 2.34. The van der Waals surface area contributed by atoms with Gasteiger partial charge >= 0.3 is 0 Å². The molecular formula is C45H33N3O3. The van der Waals surface area contributed by atoms with Crippen LogP contribution in [-0.4, -0.2) is 6.17 Å². The maximum absolute atomic E-state index is 6.66. The summed E-state index contributed by atoms with van der Waals surface area (Å²) in [6.07, 6.45) is 9.51. The van der Waals surface area contributed by atoms with Gasteiger partial charge in [0.25, 0.3) is 0 Å². The normalized spacial score (nSPS) is 20.9. The number of hydrogen-bond donors (Lipinski definition) is 3. The molecule has 6 heteroatoms. The van der Waals surface area contributed by atoms with E-state index in [-0.39, 0.29) is 18.5 Å². The van der Waals surface area contributed by atoms with Crippen molar-refractivity contribution >= 4 is 65.8 Å². The second-order valence-corrected chi connectivity index (χ2v) is 13.7. The third-order valence-electron chi connectivity index (χ3n) is 10.8. The Labute approximate surface area is 293 Å². The highest BCUT2D eigenvalue weighted by molar-refractivity contribution is 6.15. The number of nitrogens with one attached hydrogen (secondary N) is 3. The minimum atomic E-state index is -0.155. The lowest BCUT2D eigenvalue weighted by atomic mass is 9.94. The summed E-state index contributed by atoms with van der Waals surface area (Å²) in [5, 5.41) is 18.3. The minimum Gasteiger partial charge on any atom is -0.456 e. The highest BCUT2D eigenvalue weighted by atomic mass is 16.3. The molecule has 0 bridgehead atoms. The molecule has 9 aromatic rings. The Morgan fingerprint density at radius 2 is 1.06 bits per heavy atom. The lowest BCUT2D eigenvalue weighted by Gasteiger charge is -2.42. The van der Waals surface area contributed by atoms with Crippen LogP contribution in [0.1, 0.15) is 29.9 Å². The third-order valence-corrected chi connectivity index (χ3v) is 10.8. The van der Waals surface area contributed by atoms with E-state index in [0.717, 1.165) is 94.5 Å². The van der Waals surface area contributed by atoms with Gasteiger partial charge in [-0.1, -0.05) is 121 Å². The Hall–Kier alpha value is -5.92. The SMILES string of the molecule is C1=CCC(C2NC(c3ccc4oc5c(-c6cccc7c6oc6ccccc67)cccc5c4c3)NC(c3cccc4c3oc3ccccc34)N2)C=C1. The summed E-state index contributed by atoms with van der Waals surface area (Å²) in [5.74, 6) is 0.291. The van der Waals surface area contributed by atoms with Gasteiger partial charge in [0, 0.05) is 54.9 Å². The fraction of sp³-hybridized carbons (Fsp3) is 0.111. The molecule has 0 radical (unpaired) electrons. The zero-order valence-corrected chi connectivity index (χ0v) is 27.6. The van der Waals surface area contributed by atoms with E-state index in [1.165, 1.54) is 0 Å². The van der Waals surface area contributed by atoms with E-state index < -0.39 is 0 Å². The van der Waals surface area contributed by atoms with E-state index >= 15 is 0 Å². The van der Waals surface area contributed by atoms with Crippen molar-refractivity contribution < 1.29 is 13.3 Å². The van der Waals surface area contributed by atoms with Crippen molar-refractivity contribution in [1.29, 1.82) is 0 Å². The summed E-state index contributed by atoms with van der Waals surface area (Å²) in [6, 6.07) is 42.2. The van der Waals surface area contributed by atoms with E-state index in [1.807, 2.05) is 24.3 Å². The van der Waals surface area contributed by atoms with Crippen LogP contribution in [0.25, 0.3) is 76.9 Å². The predicted molar refractivity (Wildman–Crippen MR) is 205 cm³/mol. The van der Waals surface area contributed by atoms with Crippen LogP contribution in [-0.2, 0) is 0 Å². The molecule has 1 fully saturated rings. The van der Waals surface area contributed by atoms with Crippen LogP contribution in [0.4, 0.5) is 0 Å². The van der Waals surface area contributed by atoms with E-state index in [1.54, 1.807) is 0 Å². The van der Waals surface area contributed by atoms with E-state index in [4.69, 9.17) is 13.3 Å². The molecule has 0 amide bonds. The molecule has 51 heavy (non-hydrogen) atoms. The first-order chi connectivity index (χ1) is 25.3. The van der Waals surface area contributed by atoms with Crippen molar-refractivity contribution in [2.45, 2.75) is 24.9 Å². The maximum Gasteiger partial charge on any atom is 0.143 e. The van der Waals surface area contributed by atoms with E-state index in [9.17, 15) is 0 Å². The zero-order chi connectivity index (χ0) is 33.5. The summed E-state index contributed by atoms with van der Waals surface area (Å²) < 4.78 is 19.6. The molecule has 4 atom stereocenters. The van der Waals surface area contributed by atoms with Gasteiger partial charge < -0.3 is 13.3 Å². The molecule has 6 nitrogen and oxygen atoms in total. The topological polar surface area (TPSA) is 75.5 Å². The summed E-state index contributed by atoms with van der Waals surface area (Å²) in [5.41, 5.74) is 9.55. The van der Waals surface area contributed by atoms with Crippen LogP contribution in [0, 0.1) is 5.92 Å². The molecule has 246 valence electrons. The predicted octanol–water partition coefficient (Wildman–Crippen LogP) is 11.0. The number of fused-ring (bicyclic) bond motifs is 9. The van der Waals surface area contributed by atoms with Crippen molar-refractivity contribution in [2.24, 2.45) is 5.92 Å². The Morgan fingerprint density at radius 1 is 0.471 bits per heavy atom. The Kier molecular flexibility index (Phi) is 6.40. The number of furan rings is 3. The molecule has 6 aromatic carbocycles. The lowest BCUT2D eigenvalue weighted by molar-refractivity contribution is 0.171. The molecule has 0 saturated carbocycles. The second-order valence-electron chi connectivity index (χ2n) is 13.7. The first-order valence-corrected chi connectivity index (χ1v) is 17.6. The van der Waals surface area contributed by atoms with Crippen molar-refractivity contribution in [2.75, 3.05) is 0 Å². The van der Waals surface area contributed by atoms with Gasteiger partial charge in [0.2, 0.25) is 0 Å². The standard InChI is InChI=1S/C45H33N3O3/c1-2-11-26(12-3-1)43-46-44(48-45(47-43)35-20-10-16-31-29-14-5-7-22-38(29)50-42(31)35)27-23-24-39-36(25-27)34-19-9-18-33(41(34)51-39)32-17-8-15-30-28-13-4-6-21-37(28)49-40(30)32/h1-11,13-26,43-48H,12H2. The molecule has 3 aromatic heterocycles. The average Bonchev–Trinajstić information content (AvgIpc) is 3.89. The molecule has 4 heterocycles. The lowest BCUT2D eigenvalue weighted by Crippen LogP contribution is -2.61. The monoisotopic (exact) mass is 663 g/mol. The van der Waals surface area contributed by atoms with Crippen LogP contribution >= 0.6 is 0 Å². The quantitative estimate of drug-likeness (QED) is 0.174. The van der Waals surface area contributed by atoms with Gasteiger partial charge in [0.1, 0.15) is 33.5 Å². The molecule has 0 spiro atoms. The molecule has 11 rings (SSSR count). The van der Waals surface area contributed by atoms with Gasteiger partial charge in [-0.3, -0.25) is 16.0 Å². The van der Waals surface area contributed by atoms with Crippen LogP contribution < -0.4 is 16.0 Å². The molecule has 1 aliphatic carbocycles. The summed E-state index contributed by atoms with van der Waals surface area (Å²) in [4.78, 5) is 0. The second kappa shape index (κ2) is 11.3. The molecule has 1 saturated heterocycles. The molecule has 3 N–H and O–H groups in total. The third kappa shape index (κ3) is 4.54. The van der Waals surface area contributed by atoms with Gasteiger partial charge in [-0.25, -0.2) is 0 Å². The van der Waals surface area contributed by atoms with Gasteiger partial charge in [-0.15, -0.1) is 0 Å². The fourth-order valence-electron chi connectivity index (χ4n) is 8.30. The van der Waals surface area contributed by atoms with Crippen molar-refractivity contribution in [3.8, 4) is 11.1 Å². The maximum atomic E-state index is 6.66. The highest BCUT2D eigenvalue weighted by Crippen LogP contribution is 2.42. The number of para-hydroxylation sites is 5. The molecule has 2 aliphatic rings.